The van der Waals surface area contributed by atoms with E-state index in [0.29, 0.717) is 5.92 Å². The molecule has 0 aliphatic heterocycles. The zero-order chi connectivity index (χ0) is 14.0. The molecule has 3 heteroatoms. The largest absolute Gasteiger partial charge is 0.341 e. The molecule has 1 aromatic carbocycles. The topological polar surface area (TPSA) is 54.7 Å². The average Bonchev–Trinajstić information content (AvgIpc) is 2.77. The SMILES string of the molecule is Cc1ccc(-c2cnc(C(N)CC(C)C)[nH]2)c(C)c1. The van der Waals surface area contributed by atoms with E-state index in [1.54, 1.807) is 0 Å². The van der Waals surface area contributed by atoms with E-state index in [1.165, 1.54) is 16.7 Å². The predicted octanol–water partition coefficient (Wildman–Crippen LogP) is 3.74. The second-order valence-corrected chi connectivity index (χ2v) is 5.74. The van der Waals surface area contributed by atoms with Gasteiger partial charge in [-0.15, -0.1) is 0 Å². The van der Waals surface area contributed by atoms with Crippen molar-refractivity contribution in [3.8, 4) is 11.3 Å². The summed E-state index contributed by atoms with van der Waals surface area (Å²) < 4.78 is 0. The third-order valence-corrected chi connectivity index (χ3v) is 3.34. The van der Waals surface area contributed by atoms with Gasteiger partial charge in [-0.1, -0.05) is 37.6 Å². The molecular formula is C16H23N3. The highest BCUT2D eigenvalue weighted by Gasteiger charge is 2.13. The molecule has 1 unspecified atom stereocenters. The summed E-state index contributed by atoms with van der Waals surface area (Å²) in [5.41, 5.74) is 10.9. The van der Waals surface area contributed by atoms with Gasteiger partial charge in [0.15, 0.2) is 0 Å². The Morgan fingerprint density at radius 3 is 2.63 bits per heavy atom. The Hall–Kier alpha value is -1.61. The van der Waals surface area contributed by atoms with E-state index >= 15 is 0 Å². The molecule has 0 saturated carbocycles. The first-order valence-electron chi connectivity index (χ1n) is 6.85. The van der Waals surface area contributed by atoms with Crippen LogP contribution < -0.4 is 5.73 Å². The maximum absolute atomic E-state index is 6.16. The molecule has 19 heavy (non-hydrogen) atoms. The minimum atomic E-state index is -0.0143. The van der Waals surface area contributed by atoms with Gasteiger partial charge >= 0.3 is 0 Å². The molecule has 0 amide bonds. The molecule has 3 N–H and O–H groups in total. The number of hydrogen-bond donors (Lipinski definition) is 2. The number of hydrogen-bond acceptors (Lipinski definition) is 2. The summed E-state index contributed by atoms with van der Waals surface area (Å²) in [4.78, 5) is 7.79. The van der Waals surface area contributed by atoms with Gasteiger partial charge < -0.3 is 10.7 Å². The summed E-state index contributed by atoms with van der Waals surface area (Å²) >= 11 is 0. The summed E-state index contributed by atoms with van der Waals surface area (Å²) in [6.45, 7) is 8.58. The summed E-state index contributed by atoms with van der Waals surface area (Å²) in [5, 5.41) is 0. The fourth-order valence-electron chi connectivity index (χ4n) is 2.40. The smallest absolute Gasteiger partial charge is 0.123 e. The summed E-state index contributed by atoms with van der Waals surface area (Å²) in [6.07, 6.45) is 2.83. The van der Waals surface area contributed by atoms with Crippen LogP contribution in [0.5, 0.6) is 0 Å². The number of nitrogens with one attached hydrogen (secondary N) is 1. The lowest BCUT2D eigenvalue weighted by molar-refractivity contribution is 0.496. The molecular weight excluding hydrogens is 234 g/mol. The van der Waals surface area contributed by atoms with Crippen LogP contribution in [0.2, 0.25) is 0 Å². The zero-order valence-electron chi connectivity index (χ0n) is 12.2. The number of nitrogens with two attached hydrogens (primary N) is 1. The maximum Gasteiger partial charge on any atom is 0.123 e. The lowest BCUT2D eigenvalue weighted by atomic mass is 10.0. The molecule has 0 fully saturated rings. The standard InChI is InChI=1S/C16H23N3/c1-10(2)7-14(17)16-18-9-15(19-16)13-6-5-11(3)8-12(13)4/h5-6,8-10,14H,7,17H2,1-4H3,(H,18,19). The molecule has 2 aromatic rings. The predicted molar refractivity (Wildman–Crippen MR) is 79.9 cm³/mol. The highest BCUT2D eigenvalue weighted by Crippen LogP contribution is 2.24. The molecule has 0 aliphatic carbocycles. The van der Waals surface area contributed by atoms with Gasteiger partial charge in [-0.25, -0.2) is 4.98 Å². The van der Waals surface area contributed by atoms with E-state index in [-0.39, 0.29) is 6.04 Å². The first kappa shape index (κ1) is 13.8. The minimum Gasteiger partial charge on any atom is -0.341 e. The van der Waals surface area contributed by atoms with Crippen molar-refractivity contribution in [3.05, 3.63) is 41.3 Å². The Kier molecular flexibility index (Phi) is 4.05. The second kappa shape index (κ2) is 5.57. The maximum atomic E-state index is 6.16. The van der Waals surface area contributed by atoms with E-state index in [4.69, 9.17) is 5.73 Å². The number of H-pyrrole nitrogens is 1. The van der Waals surface area contributed by atoms with Crippen molar-refractivity contribution in [2.24, 2.45) is 11.7 Å². The van der Waals surface area contributed by atoms with Crippen LogP contribution in [0.15, 0.2) is 24.4 Å². The Balaban J connectivity index is 2.25. The Morgan fingerprint density at radius 1 is 1.26 bits per heavy atom. The normalized spacial score (nSPS) is 12.9. The van der Waals surface area contributed by atoms with Gasteiger partial charge in [0.25, 0.3) is 0 Å². The molecule has 1 atom stereocenters. The molecule has 0 aliphatic rings. The van der Waals surface area contributed by atoms with Crippen LogP contribution in [0.1, 0.15) is 43.3 Å². The van der Waals surface area contributed by atoms with Crippen LogP contribution in [0.3, 0.4) is 0 Å². The Labute approximate surface area is 115 Å². The average molecular weight is 257 g/mol. The van der Waals surface area contributed by atoms with E-state index in [1.807, 2.05) is 6.20 Å². The number of rotatable bonds is 4. The molecule has 0 saturated heterocycles. The first-order valence-corrected chi connectivity index (χ1v) is 6.85. The van der Waals surface area contributed by atoms with Gasteiger partial charge in [-0.3, -0.25) is 0 Å². The van der Waals surface area contributed by atoms with Crippen LogP contribution in [0.25, 0.3) is 11.3 Å². The first-order chi connectivity index (χ1) is 8.97. The lowest BCUT2D eigenvalue weighted by Gasteiger charge is -2.11. The van der Waals surface area contributed by atoms with Crippen LogP contribution in [0.4, 0.5) is 0 Å². The van der Waals surface area contributed by atoms with Crippen molar-refractivity contribution in [2.75, 3.05) is 0 Å². The van der Waals surface area contributed by atoms with Gasteiger partial charge in [0.1, 0.15) is 5.82 Å². The number of aromatic nitrogens is 2. The fraction of sp³-hybridized carbons (Fsp3) is 0.438. The van der Waals surface area contributed by atoms with Crippen molar-refractivity contribution in [2.45, 2.75) is 40.2 Å². The number of imidazole rings is 1. The summed E-state index contributed by atoms with van der Waals surface area (Å²) in [6, 6.07) is 6.43. The van der Waals surface area contributed by atoms with Gasteiger partial charge in [-0.2, -0.15) is 0 Å². The highest BCUT2D eigenvalue weighted by molar-refractivity contribution is 5.63. The van der Waals surface area contributed by atoms with Crippen LogP contribution in [-0.4, -0.2) is 9.97 Å². The number of benzene rings is 1. The molecule has 0 spiro atoms. The van der Waals surface area contributed by atoms with E-state index < -0.39 is 0 Å². The van der Waals surface area contributed by atoms with Crippen LogP contribution in [-0.2, 0) is 0 Å². The summed E-state index contributed by atoms with van der Waals surface area (Å²) in [7, 11) is 0. The second-order valence-electron chi connectivity index (χ2n) is 5.74. The van der Waals surface area contributed by atoms with Crippen LogP contribution >= 0.6 is 0 Å². The molecule has 1 aromatic heterocycles. The molecule has 0 radical (unpaired) electrons. The molecule has 0 bridgehead atoms. The van der Waals surface area contributed by atoms with E-state index in [0.717, 1.165) is 17.9 Å². The van der Waals surface area contributed by atoms with Gasteiger partial charge in [0.2, 0.25) is 0 Å². The number of aryl methyl sites for hydroxylation is 2. The number of nitrogens with zero attached hydrogens (tertiary/aromatic N) is 1. The van der Waals surface area contributed by atoms with Crippen LogP contribution in [0, 0.1) is 19.8 Å². The quantitative estimate of drug-likeness (QED) is 0.876. The molecule has 1 heterocycles. The highest BCUT2D eigenvalue weighted by atomic mass is 15.0. The van der Waals surface area contributed by atoms with Crippen molar-refractivity contribution in [1.82, 2.24) is 9.97 Å². The van der Waals surface area contributed by atoms with E-state index in [9.17, 15) is 0 Å². The molecule has 102 valence electrons. The van der Waals surface area contributed by atoms with Gasteiger partial charge in [0.05, 0.1) is 17.9 Å². The van der Waals surface area contributed by atoms with E-state index in [2.05, 4.69) is 55.9 Å². The third kappa shape index (κ3) is 3.24. The van der Waals surface area contributed by atoms with Crippen molar-refractivity contribution in [1.29, 1.82) is 0 Å². The third-order valence-electron chi connectivity index (χ3n) is 3.34. The lowest BCUT2D eigenvalue weighted by Crippen LogP contribution is -2.14. The van der Waals surface area contributed by atoms with Gasteiger partial charge in [-0.05, 0) is 31.7 Å². The Bertz CT molecular complexity index is 555. The van der Waals surface area contributed by atoms with Crippen molar-refractivity contribution < 1.29 is 0 Å². The Morgan fingerprint density at radius 2 is 2.00 bits per heavy atom. The molecule has 2 rings (SSSR count). The summed E-state index contributed by atoms with van der Waals surface area (Å²) in [5.74, 6) is 1.45. The van der Waals surface area contributed by atoms with Crippen molar-refractivity contribution >= 4 is 0 Å². The fourth-order valence-corrected chi connectivity index (χ4v) is 2.40. The van der Waals surface area contributed by atoms with Gasteiger partial charge in [0, 0.05) is 5.56 Å². The van der Waals surface area contributed by atoms with Crippen molar-refractivity contribution in [3.63, 3.8) is 0 Å². The monoisotopic (exact) mass is 257 g/mol. The minimum absolute atomic E-state index is 0.0143. The zero-order valence-corrected chi connectivity index (χ0v) is 12.2. The molecule has 3 nitrogen and oxygen atoms in total. The number of aromatic amines is 1.